The number of rotatable bonds is 2. The fourth-order valence-corrected chi connectivity index (χ4v) is 3.89. The molecule has 2 nitrogen and oxygen atoms in total. The van der Waals surface area contributed by atoms with E-state index >= 15 is 0 Å². The van der Waals surface area contributed by atoms with Gasteiger partial charge in [0.2, 0.25) is 0 Å². The Morgan fingerprint density at radius 2 is 1.72 bits per heavy atom. The average molecular weight is 399 g/mol. The standard InChI is InChI=1S/C13H18Br2N2.ClH/c14-9-6-10(13(17)11(15)7-9)12(16)8-4-2-1-3-5-8;/h6-8,12H,1-5,16-17H2;1H/t12-;/m1./s1. The van der Waals surface area contributed by atoms with Gasteiger partial charge in [0.05, 0.1) is 5.69 Å². The summed E-state index contributed by atoms with van der Waals surface area (Å²) in [6.07, 6.45) is 6.40. The van der Waals surface area contributed by atoms with E-state index in [-0.39, 0.29) is 18.4 Å². The van der Waals surface area contributed by atoms with Gasteiger partial charge in [0.15, 0.2) is 0 Å². The summed E-state index contributed by atoms with van der Waals surface area (Å²) in [6.45, 7) is 0. The van der Waals surface area contributed by atoms with Gasteiger partial charge in [-0.15, -0.1) is 12.4 Å². The first kappa shape index (κ1) is 16.3. The van der Waals surface area contributed by atoms with Crippen LogP contribution in [0.2, 0.25) is 0 Å². The van der Waals surface area contributed by atoms with Gasteiger partial charge in [0, 0.05) is 15.0 Å². The molecular weight excluding hydrogens is 379 g/mol. The van der Waals surface area contributed by atoms with E-state index in [0.29, 0.717) is 5.92 Å². The van der Waals surface area contributed by atoms with Crippen molar-refractivity contribution >= 4 is 50.0 Å². The van der Waals surface area contributed by atoms with Crippen molar-refractivity contribution < 1.29 is 0 Å². The average Bonchev–Trinajstić information content (AvgIpc) is 2.34. The van der Waals surface area contributed by atoms with Crippen molar-refractivity contribution in [1.82, 2.24) is 0 Å². The number of nitrogen functional groups attached to an aromatic ring is 1. The summed E-state index contributed by atoms with van der Waals surface area (Å²) >= 11 is 6.98. The second kappa shape index (κ2) is 7.13. The third-order valence-electron chi connectivity index (χ3n) is 3.64. The van der Waals surface area contributed by atoms with E-state index in [9.17, 15) is 0 Å². The first-order chi connectivity index (χ1) is 8.09. The monoisotopic (exact) mass is 396 g/mol. The molecule has 1 fully saturated rings. The van der Waals surface area contributed by atoms with E-state index in [0.717, 1.165) is 20.2 Å². The highest BCUT2D eigenvalue weighted by molar-refractivity contribution is 9.11. The van der Waals surface area contributed by atoms with Crippen LogP contribution in [0.4, 0.5) is 5.69 Å². The Morgan fingerprint density at radius 1 is 1.11 bits per heavy atom. The van der Waals surface area contributed by atoms with Crippen molar-refractivity contribution in [3.05, 3.63) is 26.6 Å². The summed E-state index contributed by atoms with van der Waals surface area (Å²) in [7, 11) is 0. The molecule has 18 heavy (non-hydrogen) atoms. The lowest BCUT2D eigenvalue weighted by Gasteiger charge is -2.28. The summed E-state index contributed by atoms with van der Waals surface area (Å²) in [5, 5.41) is 0. The molecule has 1 aliphatic carbocycles. The van der Waals surface area contributed by atoms with Crippen LogP contribution < -0.4 is 11.5 Å². The van der Waals surface area contributed by atoms with Gasteiger partial charge in [0.25, 0.3) is 0 Å². The van der Waals surface area contributed by atoms with Crippen LogP contribution in [0.3, 0.4) is 0 Å². The molecule has 102 valence electrons. The Hall–Kier alpha value is 0.230. The minimum Gasteiger partial charge on any atom is -0.398 e. The molecule has 0 amide bonds. The quantitative estimate of drug-likeness (QED) is 0.704. The normalized spacial score (nSPS) is 18.2. The molecule has 0 heterocycles. The van der Waals surface area contributed by atoms with Gasteiger partial charge in [-0.3, -0.25) is 0 Å². The Morgan fingerprint density at radius 3 is 2.33 bits per heavy atom. The summed E-state index contributed by atoms with van der Waals surface area (Å²) < 4.78 is 1.95. The third-order valence-corrected chi connectivity index (χ3v) is 4.76. The van der Waals surface area contributed by atoms with Crippen LogP contribution in [0.5, 0.6) is 0 Å². The number of hydrogen-bond acceptors (Lipinski definition) is 2. The molecule has 1 atom stereocenters. The topological polar surface area (TPSA) is 52.0 Å². The van der Waals surface area contributed by atoms with Crippen LogP contribution in [0.15, 0.2) is 21.1 Å². The Balaban J connectivity index is 0.00000162. The van der Waals surface area contributed by atoms with Crippen molar-refractivity contribution in [2.75, 3.05) is 5.73 Å². The maximum atomic E-state index is 6.39. The molecule has 2 rings (SSSR count). The molecule has 0 radical (unpaired) electrons. The molecule has 0 unspecified atom stereocenters. The van der Waals surface area contributed by atoms with Gasteiger partial charge >= 0.3 is 0 Å². The minimum atomic E-state index is 0. The zero-order valence-corrected chi connectivity index (χ0v) is 14.2. The molecule has 1 aromatic carbocycles. The number of halogens is 3. The highest BCUT2D eigenvalue weighted by atomic mass is 79.9. The van der Waals surface area contributed by atoms with Crippen LogP contribution in [-0.4, -0.2) is 0 Å². The molecule has 4 N–H and O–H groups in total. The molecule has 0 bridgehead atoms. The predicted octanol–water partition coefficient (Wildman–Crippen LogP) is 4.80. The third kappa shape index (κ3) is 3.62. The number of benzene rings is 1. The Kier molecular flexibility index (Phi) is 6.45. The van der Waals surface area contributed by atoms with E-state index in [1.54, 1.807) is 0 Å². The van der Waals surface area contributed by atoms with E-state index < -0.39 is 0 Å². The number of anilines is 1. The van der Waals surface area contributed by atoms with Crippen molar-refractivity contribution in [2.24, 2.45) is 11.7 Å². The maximum absolute atomic E-state index is 6.39. The molecule has 0 aromatic heterocycles. The van der Waals surface area contributed by atoms with Gasteiger partial charge in [0.1, 0.15) is 0 Å². The zero-order valence-electron chi connectivity index (χ0n) is 10.2. The van der Waals surface area contributed by atoms with E-state index in [1.807, 2.05) is 6.07 Å². The fourth-order valence-electron chi connectivity index (χ4n) is 2.63. The van der Waals surface area contributed by atoms with Gasteiger partial charge < -0.3 is 11.5 Å². The van der Waals surface area contributed by atoms with Crippen molar-refractivity contribution in [3.63, 3.8) is 0 Å². The highest BCUT2D eigenvalue weighted by Crippen LogP contribution is 2.38. The van der Waals surface area contributed by atoms with Gasteiger partial charge in [-0.1, -0.05) is 35.2 Å². The molecule has 1 aromatic rings. The van der Waals surface area contributed by atoms with Gasteiger partial charge in [-0.2, -0.15) is 0 Å². The first-order valence-electron chi connectivity index (χ1n) is 6.09. The van der Waals surface area contributed by atoms with Gasteiger partial charge in [-0.05, 0) is 52.4 Å². The van der Waals surface area contributed by atoms with Crippen LogP contribution >= 0.6 is 44.3 Å². The minimum absolute atomic E-state index is 0. The SMILES string of the molecule is Cl.Nc1c(Br)cc(Br)cc1[C@H](N)C1CCCCC1. The predicted molar refractivity (Wildman–Crippen MR) is 87.0 cm³/mol. The van der Waals surface area contributed by atoms with Crippen LogP contribution in [0.25, 0.3) is 0 Å². The molecule has 0 spiro atoms. The summed E-state index contributed by atoms with van der Waals surface area (Å²) in [5.74, 6) is 0.576. The lowest BCUT2D eigenvalue weighted by Crippen LogP contribution is -2.24. The second-order valence-corrected chi connectivity index (χ2v) is 6.58. The summed E-state index contributed by atoms with van der Waals surface area (Å²) in [6, 6.07) is 4.08. The zero-order chi connectivity index (χ0) is 12.4. The molecule has 5 heteroatoms. The smallest absolute Gasteiger partial charge is 0.0507 e. The Labute approximate surface area is 132 Å². The van der Waals surface area contributed by atoms with Crippen molar-refractivity contribution in [2.45, 2.75) is 38.1 Å². The second-order valence-electron chi connectivity index (χ2n) is 4.81. The fraction of sp³-hybridized carbons (Fsp3) is 0.538. The Bertz CT molecular complexity index is 406. The summed E-state index contributed by atoms with van der Waals surface area (Å²) in [5.41, 5.74) is 14.3. The van der Waals surface area contributed by atoms with Crippen LogP contribution in [0, 0.1) is 5.92 Å². The highest BCUT2D eigenvalue weighted by Gasteiger charge is 2.24. The molecule has 0 saturated heterocycles. The molecular formula is C13H19Br2ClN2. The maximum Gasteiger partial charge on any atom is 0.0507 e. The number of hydrogen-bond donors (Lipinski definition) is 2. The largest absolute Gasteiger partial charge is 0.398 e. The van der Waals surface area contributed by atoms with E-state index in [2.05, 4.69) is 37.9 Å². The van der Waals surface area contributed by atoms with E-state index in [4.69, 9.17) is 11.5 Å². The first-order valence-corrected chi connectivity index (χ1v) is 7.68. The lowest BCUT2D eigenvalue weighted by atomic mass is 9.81. The lowest BCUT2D eigenvalue weighted by molar-refractivity contribution is 0.308. The van der Waals surface area contributed by atoms with E-state index in [1.165, 1.54) is 32.1 Å². The van der Waals surface area contributed by atoms with Crippen LogP contribution in [-0.2, 0) is 0 Å². The summed E-state index contributed by atoms with van der Waals surface area (Å²) in [4.78, 5) is 0. The molecule has 1 saturated carbocycles. The molecule has 1 aliphatic rings. The van der Waals surface area contributed by atoms with Crippen LogP contribution in [0.1, 0.15) is 43.7 Å². The van der Waals surface area contributed by atoms with Gasteiger partial charge in [-0.25, -0.2) is 0 Å². The van der Waals surface area contributed by atoms with Crippen molar-refractivity contribution in [3.8, 4) is 0 Å². The molecule has 0 aliphatic heterocycles. The van der Waals surface area contributed by atoms with Crippen molar-refractivity contribution in [1.29, 1.82) is 0 Å². The number of nitrogens with two attached hydrogens (primary N) is 2.